The zero-order valence-electron chi connectivity index (χ0n) is 12.6. The zero-order chi connectivity index (χ0) is 15.7. The Labute approximate surface area is 128 Å². The number of amides is 1. The standard InChI is InChI=1S/C17H18N4O/c1-11-7-12(2)9-13(8-11)19-16(22)10-21-15-6-4-3-5-14(15)20-17(21)18/h3-9H,10H2,1-2H3,(H2,18,20)(H,19,22). The van der Waals surface area contributed by atoms with E-state index < -0.39 is 0 Å². The molecule has 112 valence electrons. The van der Waals surface area contributed by atoms with E-state index in [9.17, 15) is 4.79 Å². The smallest absolute Gasteiger partial charge is 0.244 e. The summed E-state index contributed by atoms with van der Waals surface area (Å²) in [5, 5.41) is 2.91. The molecule has 22 heavy (non-hydrogen) atoms. The Balaban J connectivity index is 1.82. The molecule has 5 heteroatoms. The number of aryl methyl sites for hydroxylation is 2. The third-order valence-corrected chi connectivity index (χ3v) is 3.49. The van der Waals surface area contributed by atoms with Crippen LogP contribution in [0.3, 0.4) is 0 Å². The summed E-state index contributed by atoms with van der Waals surface area (Å²) in [5.41, 5.74) is 10.6. The van der Waals surface area contributed by atoms with Gasteiger partial charge < -0.3 is 15.6 Å². The van der Waals surface area contributed by atoms with Crippen LogP contribution in [0, 0.1) is 13.8 Å². The number of nitrogens with two attached hydrogens (primary N) is 1. The van der Waals surface area contributed by atoms with Gasteiger partial charge in [0, 0.05) is 5.69 Å². The van der Waals surface area contributed by atoms with Crippen molar-refractivity contribution in [1.82, 2.24) is 9.55 Å². The van der Waals surface area contributed by atoms with E-state index in [1.165, 1.54) is 0 Å². The lowest BCUT2D eigenvalue weighted by atomic mass is 10.1. The van der Waals surface area contributed by atoms with Crippen molar-refractivity contribution < 1.29 is 4.79 Å². The third kappa shape index (κ3) is 2.79. The molecule has 0 aliphatic carbocycles. The fourth-order valence-corrected chi connectivity index (χ4v) is 2.65. The van der Waals surface area contributed by atoms with Gasteiger partial charge in [0.05, 0.1) is 11.0 Å². The van der Waals surface area contributed by atoms with Crippen LogP contribution in [0.2, 0.25) is 0 Å². The first-order chi connectivity index (χ1) is 10.5. The van der Waals surface area contributed by atoms with E-state index in [1.54, 1.807) is 4.57 Å². The average molecular weight is 294 g/mol. The molecular formula is C17H18N4O. The first-order valence-corrected chi connectivity index (χ1v) is 7.12. The minimum Gasteiger partial charge on any atom is -0.369 e. The first kappa shape index (κ1) is 14.1. The van der Waals surface area contributed by atoms with Crippen molar-refractivity contribution in [2.75, 3.05) is 11.1 Å². The number of benzene rings is 2. The molecule has 0 fully saturated rings. The topological polar surface area (TPSA) is 72.9 Å². The van der Waals surface area contributed by atoms with Gasteiger partial charge in [-0.2, -0.15) is 0 Å². The molecule has 3 rings (SSSR count). The van der Waals surface area contributed by atoms with E-state index in [1.807, 2.05) is 50.2 Å². The Morgan fingerprint density at radius 2 is 1.86 bits per heavy atom. The van der Waals surface area contributed by atoms with Crippen LogP contribution in [0.1, 0.15) is 11.1 Å². The van der Waals surface area contributed by atoms with Crippen molar-refractivity contribution in [3.05, 3.63) is 53.6 Å². The predicted octanol–water partition coefficient (Wildman–Crippen LogP) is 2.87. The van der Waals surface area contributed by atoms with Gasteiger partial charge in [-0.25, -0.2) is 4.98 Å². The van der Waals surface area contributed by atoms with Crippen molar-refractivity contribution in [3.8, 4) is 0 Å². The Morgan fingerprint density at radius 3 is 2.59 bits per heavy atom. The number of nitrogen functional groups attached to an aromatic ring is 1. The molecule has 1 heterocycles. The number of anilines is 2. The number of para-hydroxylation sites is 2. The molecule has 3 aromatic rings. The summed E-state index contributed by atoms with van der Waals surface area (Å²) in [5.74, 6) is 0.219. The van der Waals surface area contributed by atoms with E-state index >= 15 is 0 Å². The molecule has 3 N–H and O–H groups in total. The summed E-state index contributed by atoms with van der Waals surface area (Å²) in [7, 11) is 0. The van der Waals surface area contributed by atoms with Gasteiger partial charge in [-0.05, 0) is 49.2 Å². The lowest BCUT2D eigenvalue weighted by molar-refractivity contribution is -0.116. The van der Waals surface area contributed by atoms with E-state index in [0.29, 0.717) is 5.95 Å². The van der Waals surface area contributed by atoms with Gasteiger partial charge in [0.25, 0.3) is 0 Å². The van der Waals surface area contributed by atoms with Crippen LogP contribution >= 0.6 is 0 Å². The van der Waals surface area contributed by atoms with E-state index in [0.717, 1.165) is 27.8 Å². The fraction of sp³-hybridized carbons (Fsp3) is 0.176. The highest BCUT2D eigenvalue weighted by atomic mass is 16.1. The average Bonchev–Trinajstić information content (AvgIpc) is 2.74. The largest absolute Gasteiger partial charge is 0.369 e. The normalized spacial score (nSPS) is 10.8. The zero-order valence-corrected chi connectivity index (χ0v) is 12.6. The summed E-state index contributed by atoms with van der Waals surface area (Å²) < 4.78 is 1.72. The number of carbonyl (C=O) groups excluding carboxylic acids is 1. The van der Waals surface area contributed by atoms with E-state index in [4.69, 9.17) is 5.73 Å². The van der Waals surface area contributed by atoms with E-state index in [-0.39, 0.29) is 12.5 Å². The van der Waals surface area contributed by atoms with Gasteiger partial charge in [-0.3, -0.25) is 4.79 Å². The molecule has 0 atom stereocenters. The Morgan fingerprint density at radius 1 is 1.18 bits per heavy atom. The van der Waals surface area contributed by atoms with Crippen LogP contribution in [0.5, 0.6) is 0 Å². The van der Waals surface area contributed by atoms with Crippen molar-refractivity contribution in [3.63, 3.8) is 0 Å². The maximum Gasteiger partial charge on any atom is 0.244 e. The summed E-state index contributed by atoms with van der Waals surface area (Å²) >= 11 is 0. The summed E-state index contributed by atoms with van der Waals surface area (Å²) in [6.45, 7) is 4.15. The van der Waals surface area contributed by atoms with Crippen LogP contribution in [0.15, 0.2) is 42.5 Å². The Bertz CT molecular complexity index is 831. The third-order valence-electron chi connectivity index (χ3n) is 3.49. The second-order valence-electron chi connectivity index (χ2n) is 5.47. The van der Waals surface area contributed by atoms with Gasteiger partial charge in [0.15, 0.2) is 0 Å². The van der Waals surface area contributed by atoms with Gasteiger partial charge in [-0.1, -0.05) is 18.2 Å². The number of nitrogens with zero attached hydrogens (tertiary/aromatic N) is 2. The lowest BCUT2D eigenvalue weighted by Crippen LogP contribution is -2.20. The quantitative estimate of drug-likeness (QED) is 0.780. The molecule has 0 saturated carbocycles. The second kappa shape index (κ2) is 5.52. The van der Waals surface area contributed by atoms with Gasteiger partial charge in [-0.15, -0.1) is 0 Å². The number of carbonyl (C=O) groups is 1. The first-order valence-electron chi connectivity index (χ1n) is 7.12. The van der Waals surface area contributed by atoms with Crippen molar-refractivity contribution in [1.29, 1.82) is 0 Å². The molecule has 0 aliphatic heterocycles. The fourth-order valence-electron chi connectivity index (χ4n) is 2.65. The maximum atomic E-state index is 12.3. The highest BCUT2D eigenvalue weighted by molar-refractivity contribution is 5.92. The number of hydrogen-bond acceptors (Lipinski definition) is 3. The second-order valence-corrected chi connectivity index (χ2v) is 5.47. The molecule has 0 radical (unpaired) electrons. The molecule has 1 aromatic heterocycles. The SMILES string of the molecule is Cc1cc(C)cc(NC(=O)Cn2c(N)nc3ccccc32)c1. The molecule has 5 nitrogen and oxygen atoms in total. The van der Waals surface area contributed by atoms with Crippen LogP contribution < -0.4 is 11.1 Å². The van der Waals surface area contributed by atoms with Crippen molar-refractivity contribution >= 4 is 28.6 Å². The molecule has 0 unspecified atom stereocenters. The molecule has 0 aliphatic rings. The number of hydrogen-bond donors (Lipinski definition) is 2. The highest BCUT2D eigenvalue weighted by Gasteiger charge is 2.11. The summed E-state index contributed by atoms with van der Waals surface area (Å²) in [4.78, 5) is 16.5. The number of fused-ring (bicyclic) bond motifs is 1. The maximum absolute atomic E-state index is 12.3. The monoisotopic (exact) mass is 294 g/mol. The summed E-state index contributed by atoms with van der Waals surface area (Å²) in [6, 6.07) is 13.5. The van der Waals surface area contributed by atoms with Crippen LogP contribution in [0.4, 0.5) is 11.6 Å². The Kier molecular flexibility index (Phi) is 3.55. The minimum atomic E-state index is -0.125. The molecule has 1 amide bonds. The molecule has 0 saturated heterocycles. The van der Waals surface area contributed by atoms with Crippen LogP contribution in [-0.4, -0.2) is 15.5 Å². The van der Waals surface area contributed by atoms with Crippen molar-refractivity contribution in [2.45, 2.75) is 20.4 Å². The lowest BCUT2D eigenvalue weighted by Gasteiger charge is -2.09. The minimum absolute atomic E-state index is 0.125. The molecular weight excluding hydrogens is 276 g/mol. The highest BCUT2D eigenvalue weighted by Crippen LogP contribution is 2.18. The van der Waals surface area contributed by atoms with Gasteiger partial charge in [0.2, 0.25) is 11.9 Å². The molecule has 0 spiro atoms. The van der Waals surface area contributed by atoms with Crippen LogP contribution in [0.25, 0.3) is 11.0 Å². The van der Waals surface area contributed by atoms with Crippen molar-refractivity contribution in [2.24, 2.45) is 0 Å². The predicted molar refractivity (Wildman–Crippen MR) is 88.7 cm³/mol. The van der Waals surface area contributed by atoms with Crippen LogP contribution in [-0.2, 0) is 11.3 Å². The summed E-state index contributed by atoms with van der Waals surface area (Å²) in [6.07, 6.45) is 0. The van der Waals surface area contributed by atoms with Gasteiger partial charge >= 0.3 is 0 Å². The number of aromatic nitrogens is 2. The number of nitrogens with one attached hydrogen (secondary N) is 1. The van der Waals surface area contributed by atoms with E-state index in [2.05, 4.69) is 16.4 Å². The molecule has 2 aromatic carbocycles. The Hall–Kier alpha value is -2.82. The number of imidazole rings is 1. The molecule has 0 bridgehead atoms. The van der Waals surface area contributed by atoms with Gasteiger partial charge in [0.1, 0.15) is 6.54 Å². The number of rotatable bonds is 3.